The molecule has 1 saturated heterocycles. The van der Waals surface area contributed by atoms with Crippen LogP contribution in [0.3, 0.4) is 0 Å². The molecular formula is C26H27NO7S. The van der Waals surface area contributed by atoms with Crippen LogP contribution in [0, 0.1) is 6.92 Å². The predicted octanol–water partition coefficient (Wildman–Crippen LogP) is 3.88. The molecule has 8 nitrogen and oxygen atoms in total. The molecule has 0 N–H and O–H groups in total. The molecule has 1 aliphatic heterocycles. The molecule has 1 aliphatic rings. The van der Waals surface area contributed by atoms with Gasteiger partial charge in [0.05, 0.1) is 20.8 Å². The highest BCUT2D eigenvalue weighted by molar-refractivity contribution is 7.87. The molecule has 0 unspecified atom stereocenters. The number of carbonyl (C=O) groups excluding carboxylic acids is 1. The smallest absolute Gasteiger partial charge is 0.339 e. The van der Waals surface area contributed by atoms with Gasteiger partial charge >= 0.3 is 10.1 Å². The first-order valence-corrected chi connectivity index (χ1v) is 12.4. The highest BCUT2D eigenvalue weighted by Crippen LogP contribution is 2.30. The zero-order chi connectivity index (χ0) is 25.0. The van der Waals surface area contributed by atoms with Gasteiger partial charge in [0, 0.05) is 18.2 Å². The van der Waals surface area contributed by atoms with Crippen molar-refractivity contribution in [3.63, 3.8) is 0 Å². The van der Waals surface area contributed by atoms with Crippen LogP contribution in [-0.4, -0.2) is 46.6 Å². The van der Waals surface area contributed by atoms with E-state index in [1.54, 1.807) is 61.6 Å². The van der Waals surface area contributed by atoms with E-state index in [9.17, 15) is 13.2 Å². The monoisotopic (exact) mass is 497 g/mol. The molecule has 35 heavy (non-hydrogen) atoms. The average Bonchev–Trinajstić information content (AvgIpc) is 2.86. The van der Waals surface area contributed by atoms with Crippen molar-refractivity contribution in [1.82, 2.24) is 4.90 Å². The van der Waals surface area contributed by atoms with E-state index in [4.69, 9.17) is 18.4 Å². The highest BCUT2D eigenvalue weighted by Gasteiger charge is 2.28. The topological polar surface area (TPSA) is 91.4 Å². The first-order valence-electron chi connectivity index (χ1n) is 11.0. The summed E-state index contributed by atoms with van der Waals surface area (Å²) in [7, 11) is -0.779. The van der Waals surface area contributed by atoms with Crippen molar-refractivity contribution < 1.29 is 31.6 Å². The van der Waals surface area contributed by atoms with Gasteiger partial charge in [0.15, 0.2) is 0 Å². The summed E-state index contributed by atoms with van der Waals surface area (Å²) >= 11 is 0. The van der Waals surface area contributed by atoms with Crippen molar-refractivity contribution in [2.75, 3.05) is 27.4 Å². The summed E-state index contributed by atoms with van der Waals surface area (Å²) in [6.07, 6.45) is -0.361. The molecule has 3 aromatic rings. The molecule has 0 aromatic heterocycles. The molecule has 184 valence electrons. The number of rotatable bonds is 8. The minimum absolute atomic E-state index is 0.0524. The maximum absolute atomic E-state index is 12.5. The van der Waals surface area contributed by atoms with Crippen LogP contribution in [0.5, 0.6) is 17.2 Å². The number of benzene rings is 3. The molecule has 9 heteroatoms. The summed E-state index contributed by atoms with van der Waals surface area (Å²) < 4.78 is 46.8. The van der Waals surface area contributed by atoms with Gasteiger partial charge in [-0.15, -0.1) is 0 Å². The Balaban J connectivity index is 1.45. The Hall–Kier alpha value is -3.56. The predicted molar refractivity (Wildman–Crippen MR) is 129 cm³/mol. The Bertz CT molecular complexity index is 1290. The van der Waals surface area contributed by atoms with E-state index in [1.807, 2.05) is 19.1 Å². The Labute approximate surface area is 205 Å². The second-order valence-electron chi connectivity index (χ2n) is 8.17. The molecule has 1 fully saturated rings. The van der Waals surface area contributed by atoms with Crippen molar-refractivity contribution in [2.45, 2.75) is 24.5 Å². The summed E-state index contributed by atoms with van der Waals surface area (Å²) in [5, 5.41) is 0. The second kappa shape index (κ2) is 10.4. The third-order valence-corrected chi connectivity index (χ3v) is 7.03. The fourth-order valence-corrected chi connectivity index (χ4v) is 4.71. The van der Waals surface area contributed by atoms with Crippen LogP contribution < -0.4 is 13.7 Å². The lowest BCUT2D eigenvalue weighted by atomic mass is 10.1. The molecule has 0 spiro atoms. The zero-order valence-electron chi connectivity index (χ0n) is 19.8. The summed E-state index contributed by atoms with van der Waals surface area (Å²) in [4.78, 5) is 14.3. The molecule has 3 aromatic carbocycles. The van der Waals surface area contributed by atoms with Gasteiger partial charge in [-0.05, 0) is 48.9 Å². The van der Waals surface area contributed by atoms with E-state index >= 15 is 0 Å². The quantitative estimate of drug-likeness (QED) is 0.436. The van der Waals surface area contributed by atoms with E-state index < -0.39 is 10.1 Å². The number of amides is 1. The maximum Gasteiger partial charge on any atom is 0.339 e. The van der Waals surface area contributed by atoms with Crippen molar-refractivity contribution in [3.05, 3.63) is 83.4 Å². The second-order valence-corrected chi connectivity index (χ2v) is 9.72. The number of aryl methyl sites for hydroxylation is 1. The summed E-state index contributed by atoms with van der Waals surface area (Å²) in [6.45, 7) is 2.53. The number of methoxy groups -OCH3 is 2. The Kier molecular flexibility index (Phi) is 7.28. The molecule has 0 radical (unpaired) electrons. The van der Waals surface area contributed by atoms with Gasteiger partial charge in [-0.1, -0.05) is 29.8 Å². The summed E-state index contributed by atoms with van der Waals surface area (Å²) in [5.41, 5.74) is 2.62. The third-order valence-electron chi connectivity index (χ3n) is 5.77. The fourth-order valence-electron chi connectivity index (χ4n) is 3.78. The minimum Gasteiger partial charge on any atom is -0.497 e. The molecule has 1 amide bonds. The molecule has 1 atom stereocenters. The van der Waals surface area contributed by atoms with Crippen LogP contribution in [0.25, 0.3) is 0 Å². The molecule has 1 heterocycles. The Morgan fingerprint density at radius 3 is 2.29 bits per heavy atom. The van der Waals surface area contributed by atoms with Crippen molar-refractivity contribution in [2.24, 2.45) is 0 Å². The van der Waals surface area contributed by atoms with E-state index in [0.29, 0.717) is 24.6 Å². The van der Waals surface area contributed by atoms with Gasteiger partial charge in [0.1, 0.15) is 34.9 Å². The van der Waals surface area contributed by atoms with Crippen LogP contribution in [0.15, 0.2) is 71.6 Å². The first kappa shape index (κ1) is 24.6. The van der Waals surface area contributed by atoms with E-state index in [1.165, 1.54) is 12.1 Å². The largest absolute Gasteiger partial charge is 0.497 e. The Morgan fingerprint density at radius 1 is 0.943 bits per heavy atom. The number of hydrogen-bond donors (Lipinski definition) is 0. The maximum atomic E-state index is 12.5. The van der Waals surface area contributed by atoms with Crippen LogP contribution >= 0.6 is 0 Å². The van der Waals surface area contributed by atoms with Gasteiger partial charge in [-0.25, -0.2) is 0 Å². The minimum atomic E-state index is -3.94. The van der Waals surface area contributed by atoms with E-state index in [0.717, 1.165) is 16.7 Å². The number of ether oxygens (including phenoxy) is 3. The SMILES string of the molecule is COc1ccc(CN2C[C@@H](c3ccc(OS(=O)(=O)c4ccc(C)cc4)cc3)OCC2=O)c(OC)c1. The van der Waals surface area contributed by atoms with E-state index in [2.05, 4.69) is 0 Å². The van der Waals surface area contributed by atoms with Crippen molar-refractivity contribution in [3.8, 4) is 17.2 Å². The van der Waals surface area contributed by atoms with Gasteiger partial charge in [0.2, 0.25) is 5.91 Å². The summed E-state index contributed by atoms with van der Waals surface area (Å²) in [6, 6.07) is 18.6. The van der Waals surface area contributed by atoms with Gasteiger partial charge in [0.25, 0.3) is 0 Å². The lowest BCUT2D eigenvalue weighted by Gasteiger charge is -2.33. The lowest BCUT2D eigenvalue weighted by Crippen LogP contribution is -2.42. The van der Waals surface area contributed by atoms with Gasteiger partial charge in [-0.2, -0.15) is 8.42 Å². The number of hydrogen-bond acceptors (Lipinski definition) is 7. The summed E-state index contributed by atoms with van der Waals surface area (Å²) in [5.74, 6) is 1.38. The molecular weight excluding hydrogens is 470 g/mol. The third kappa shape index (κ3) is 5.75. The zero-order valence-corrected chi connectivity index (χ0v) is 20.6. The molecule has 0 saturated carbocycles. The van der Waals surface area contributed by atoms with Gasteiger partial charge < -0.3 is 23.3 Å². The van der Waals surface area contributed by atoms with Gasteiger partial charge in [-0.3, -0.25) is 4.79 Å². The first-order chi connectivity index (χ1) is 16.8. The Morgan fingerprint density at radius 2 is 1.63 bits per heavy atom. The molecule has 0 bridgehead atoms. The standard InChI is InChI=1S/C26H27NO7S/c1-18-4-12-23(13-5-18)35(29,30)34-21-9-6-19(7-10-21)25-16-27(26(28)17-33-25)15-20-8-11-22(31-2)14-24(20)32-3/h4-14,25H,15-17H2,1-3H3/t25-/m0/s1. The normalized spacial score (nSPS) is 16.1. The highest BCUT2D eigenvalue weighted by atomic mass is 32.2. The van der Waals surface area contributed by atoms with E-state index in [-0.39, 0.29) is 29.3 Å². The molecule has 4 rings (SSSR count). The van der Waals surface area contributed by atoms with Crippen molar-refractivity contribution >= 4 is 16.0 Å². The number of nitrogens with zero attached hydrogens (tertiary/aromatic N) is 1. The van der Waals surface area contributed by atoms with Crippen LogP contribution in [-0.2, 0) is 26.2 Å². The lowest BCUT2D eigenvalue weighted by molar-refractivity contribution is -0.150. The molecule has 0 aliphatic carbocycles. The van der Waals surface area contributed by atoms with Crippen molar-refractivity contribution in [1.29, 1.82) is 0 Å². The van der Waals surface area contributed by atoms with Crippen LogP contribution in [0.2, 0.25) is 0 Å². The average molecular weight is 498 g/mol. The number of morpholine rings is 1. The van der Waals surface area contributed by atoms with Crippen LogP contribution in [0.1, 0.15) is 22.8 Å². The van der Waals surface area contributed by atoms with Crippen LogP contribution in [0.4, 0.5) is 0 Å². The number of carbonyl (C=O) groups is 1. The fraction of sp³-hybridized carbons (Fsp3) is 0.269.